The van der Waals surface area contributed by atoms with Crippen LogP contribution in [-0.4, -0.2) is 16.6 Å². The third-order valence-electron chi connectivity index (χ3n) is 4.49. The Hall–Kier alpha value is -2.21. The van der Waals surface area contributed by atoms with Crippen LogP contribution in [0.2, 0.25) is 0 Å². The van der Waals surface area contributed by atoms with Gasteiger partial charge in [-0.15, -0.1) is 0 Å². The summed E-state index contributed by atoms with van der Waals surface area (Å²) in [6, 6.07) is 18.0. The summed E-state index contributed by atoms with van der Waals surface area (Å²) in [6.45, 7) is 1.63. The van der Waals surface area contributed by atoms with E-state index in [1.54, 1.807) is 23.5 Å². The molecule has 0 saturated carbocycles. The second-order valence-corrected chi connectivity index (χ2v) is 8.13. The van der Waals surface area contributed by atoms with Gasteiger partial charge in [0.15, 0.2) is 0 Å². The first kappa shape index (κ1) is 18.2. The van der Waals surface area contributed by atoms with Crippen molar-refractivity contribution in [2.75, 3.05) is 6.54 Å². The van der Waals surface area contributed by atoms with Crippen molar-refractivity contribution in [2.45, 2.75) is 13.0 Å². The van der Waals surface area contributed by atoms with Crippen LogP contribution in [0.5, 0.6) is 5.75 Å². The summed E-state index contributed by atoms with van der Waals surface area (Å²) in [6.07, 6.45) is 0.975. The fourth-order valence-electron chi connectivity index (χ4n) is 3.10. The number of nitrogens with one attached hydrogen (secondary N) is 1. The third kappa shape index (κ3) is 4.38. The van der Waals surface area contributed by atoms with E-state index >= 15 is 0 Å². The van der Waals surface area contributed by atoms with Crippen molar-refractivity contribution in [1.82, 2.24) is 10.3 Å². The van der Waals surface area contributed by atoms with Crippen LogP contribution in [0.25, 0.3) is 22.2 Å². The lowest BCUT2D eigenvalue weighted by Gasteiger charge is -2.11. The van der Waals surface area contributed by atoms with Gasteiger partial charge >= 0.3 is 0 Å². The largest absolute Gasteiger partial charge is 0.508 e. The van der Waals surface area contributed by atoms with Crippen molar-refractivity contribution >= 4 is 38.2 Å². The lowest BCUT2D eigenvalue weighted by molar-refractivity contribution is 0.476. The molecule has 0 radical (unpaired) electrons. The van der Waals surface area contributed by atoms with Gasteiger partial charge in [-0.1, -0.05) is 28.1 Å². The van der Waals surface area contributed by atoms with Gasteiger partial charge < -0.3 is 10.4 Å². The molecule has 0 aliphatic carbocycles. The predicted octanol–water partition coefficient (Wildman–Crippen LogP) is 5.76. The highest BCUT2D eigenvalue weighted by Crippen LogP contribution is 2.29. The Morgan fingerprint density at radius 1 is 1.04 bits per heavy atom. The van der Waals surface area contributed by atoms with Crippen molar-refractivity contribution in [3.05, 3.63) is 81.0 Å². The zero-order valence-corrected chi connectivity index (χ0v) is 17.1. The van der Waals surface area contributed by atoms with Gasteiger partial charge in [0, 0.05) is 27.3 Å². The molecular formula is C22H19BrN2OS. The number of hydrogen-bond donors (Lipinski definition) is 2. The van der Waals surface area contributed by atoms with Crippen molar-refractivity contribution < 1.29 is 5.11 Å². The number of phenols is 1. The third-order valence-corrected chi connectivity index (χ3v) is 5.70. The van der Waals surface area contributed by atoms with E-state index in [0.717, 1.165) is 51.7 Å². The molecule has 0 atom stereocenters. The van der Waals surface area contributed by atoms with Crippen LogP contribution >= 0.6 is 27.3 Å². The van der Waals surface area contributed by atoms with Gasteiger partial charge in [0.25, 0.3) is 0 Å². The van der Waals surface area contributed by atoms with Crippen LogP contribution in [-0.2, 0) is 13.0 Å². The molecule has 0 spiro atoms. The first-order valence-electron chi connectivity index (χ1n) is 8.79. The fraction of sp³-hybridized carbons (Fsp3) is 0.136. The summed E-state index contributed by atoms with van der Waals surface area (Å²) < 4.78 is 1.10. The number of aromatic nitrogens is 1. The minimum Gasteiger partial charge on any atom is -0.508 e. The van der Waals surface area contributed by atoms with E-state index in [1.807, 2.05) is 6.07 Å². The summed E-state index contributed by atoms with van der Waals surface area (Å²) in [5.41, 5.74) is 5.49. The number of pyridine rings is 1. The molecular weight excluding hydrogens is 420 g/mol. The Morgan fingerprint density at radius 2 is 1.89 bits per heavy atom. The van der Waals surface area contributed by atoms with Gasteiger partial charge in [-0.2, -0.15) is 11.3 Å². The molecule has 2 heterocycles. The number of thiophene rings is 1. The fourth-order valence-corrected chi connectivity index (χ4v) is 4.00. The highest BCUT2D eigenvalue weighted by atomic mass is 79.9. The van der Waals surface area contributed by atoms with E-state index in [0.29, 0.717) is 0 Å². The standard InChI is InChI=1S/C22H19BrN2OS/c23-19-3-1-15(2-4-19)7-9-24-13-18-11-17-12-20(26)5-6-21(17)25-22(18)16-8-10-27-14-16/h1-6,8,10-12,14,24,26H,7,9,13H2. The van der Waals surface area contributed by atoms with E-state index in [1.165, 1.54) is 5.56 Å². The minimum absolute atomic E-state index is 0.265. The van der Waals surface area contributed by atoms with Crippen LogP contribution in [0.3, 0.4) is 0 Å². The van der Waals surface area contributed by atoms with Crippen molar-refractivity contribution in [2.24, 2.45) is 0 Å². The number of aromatic hydroxyl groups is 1. The van der Waals surface area contributed by atoms with Crippen LogP contribution in [0.4, 0.5) is 0 Å². The van der Waals surface area contributed by atoms with Gasteiger partial charge in [0.05, 0.1) is 11.2 Å². The lowest BCUT2D eigenvalue weighted by atomic mass is 10.0. The monoisotopic (exact) mass is 438 g/mol. The highest BCUT2D eigenvalue weighted by Gasteiger charge is 2.10. The molecule has 2 N–H and O–H groups in total. The van der Waals surface area contributed by atoms with E-state index in [4.69, 9.17) is 4.98 Å². The second-order valence-electron chi connectivity index (χ2n) is 6.44. The molecule has 0 fully saturated rings. The maximum Gasteiger partial charge on any atom is 0.116 e. The molecule has 2 aromatic heterocycles. The van der Waals surface area contributed by atoms with Gasteiger partial charge in [0.1, 0.15) is 5.75 Å². The highest BCUT2D eigenvalue weighted by molar-refractivity contribution is 9.10. The molecule has 2 aromatic carbocycles. The zero-order chi connectivity index (χ0) is 18.6. The maximum absolute atomic E-state index is 9.79. The summed E-state index contributed by atoms with van der Waals surface area (Å²) >= 11 is 5.14. The van der Waals surface area contributed by atoms with Crippen molar-refractivity contribution in [3.63, 3.8) is 0 Å². The average molecular weight is 439 g/mol. The summed E-state index contributed by atoms with van der Waals surface area (Å²) in [7, 11) is 0. The Labute approximate surface area is 170 Å². The number of hydrogen-bond acceptors (Lipinski definition) is 4. The van der Waals surface area contributed by atoms with Crippen LogP contribution in [0.15, 0.2) is 69.8 Å². The van der Waals surface area contributed by atoms with E-state index in [2.05, 4.69) is 68.4 Å². The molecule has 0 bridgehead atoms. The van der Waals surface area contributed by atoms with Gasteiger partial charge in [-0.05, 0) is 71.9 Å². The van der Waals surface area contributed by atoms with E-state index in [-0.39, 0.29) is 5.75 Å². The SMILES string of the molecule is Oc1ccc2nc(-c3ccsc3)c(CNCCc3ccc(Br)cc3)cc2c1. The van der Waals surface area contributed by atoms with E-state index in [9.17, 15) is 5.11 Å². The van der Waals surface area contributed by atoms with Crippen molar-refractivity contribution in [3.8, 4) is 17.0 Å². The normalized spacial score (nSPS) is 11.1. The molecule has 4 aromatic rings. The smallest absolute Gasteiger partial charge is 0.116 e. The Balaban J connectivity index is 1.54. The van der Waals surface area contributed by atoms with Crippen LogP contribution < -0.4 is 5.32 Å². The minimum atomic E-state index is 0.265. The number of fused-ring (bicyclic) bond motifs is 1. The van der Waals surface area contributed by atoms with Gasteiger partial charge in [0.2, 0.25) is 0 Å². The van der Waals surface area contributed by atoms with Gasteiger partial charge in [-0.3, -0.25) is 0 Å². The summed E-state index contributed by atoms with van der Waals surface area (Å²) in [5.74, 6) is 0.265. The molecule has 27 heavy (non-hydrogen) atoms. The molecule has 136 valence electrons. The molecule has 0 unspecified atom stereocenters. The first-order valence-corrected chi connectivity index (χ1v) is 10.5. The zero-order valence-electron chi connectivity index (χ0n) is 14.7. The molecule has 0 aliphatic heterocycles. The average Bonchev–Trinajstić information content (AvgIpc) is 3.20. The van der Waals surface area contributed by atoms with Crippen molar-refractivity contribution in [1.29, 1.82) is 0 Å². The number of phenolic OH excluding ortho intramolecular Hbond substituents is 1. The Bertz CT molecular complexity index is 1050. The molecule has 0 amide bonds. The van der Waals surface area contributed by atoms with E-state index < -0.39 is 0 Å². The number of benzene rings is 2. The second kappa shape index (κ2) is 8.21. The van der Waals surface area contributed by atoms with Gasteiger partial charge in [-0.25, -0.2) is 4.98 Å². The predicted molar refractivity (Wildman–Crippen MR) is 116 cm³/mol. The Morgan fingerprint density at radius 3 is 2.67 bits per heavy atom. The molecule has 5 heteroatoms. The maximum atomic E-state index is 9.79. The van der Waals surface area contributed by atoms with Crippen LogP contribution in [0.1, 0.15) is 11.1 Å². The van der Waals surface area contributed by atoms with Crippen LogP contribution in [0, 0.1) is 0 Å². The Kier molecular flexibility index (Phi) is 5.53. The first-order chi connectivity index (χ1) is 13.2. The molecule has 3 nitrogen and oxygen atoms in total. The molecule has 4 rings (SSSR count). The topological polar surface area (TPSA) is 45.2 Å². The molecule has 0 aliphatic rings. The number of nitrogens with zero attached hydrogens (tertiary/aromatic N) is 1. The number of rotatable bonds is 6. The summed E-state index contributed by atoms with van der Waals surface area (Å²) in [5, 5.41) is 18.5. The quantitative estimate of drug-likeness (QED) is 0.376. The molecule has 0 saturated heterocycles. The summed E-state index contributed by atoms with van der Waals surface area (Å²) in [4.78, 5) is 4.86. The number of halogens is 1. The lowest BCUT2D eigenvalue weighted by Crippen LogP contribution is -2.17.